The molecule has 1 rings (SSSR count). The monoisotopic (exact) mass is 264 g/mol. The summed E-state index contributed by atoms with van der Waals surface area (Å²) in [5, 5.41) is 3.08. The molecule has 0 saturated heterocycles. The van der Waals surface area contributed by atoms with E-state index in [4.69, 9.17) is 10.5 Å². The van der Waals surface area contributed by atoms with Crippen LogP contribution in [0.4, 0.5) is 0 Å². The van der Waals surface area contributed by atoms with Crippen molar-refractivity contribution in [2.45, 2.75) is 40.2 Å². The number of aryl methyl sites for hydroxylation is 3. The van der Waals surface area contributed by atoms with Crippen LogP contribution < -0.4 is 15.8 Å². The van der Waals surface area contributed by atoms with Crippen molar-refractivity contribution in [3.63, 3.8) is 0 Å². The van der Waals surface area contributed by atoms with Crippen LogP contribution in [0.5, 0.6) is 5.75 Å². The first kappa shape index (κ1) is 15.5. The summed E-state index contributed by atoms with van der Waals surface area (Å²) in [4.78, 5) is 11.5. The number of nitrogens with two attached hydrogens (primary N) is 1. The van der Waals surface area contributed by atoms with Crippen molar-refractivity contribution in [3.8, 4) is 5.75 Å². The molecule has 0 aliphatic heterocycles. The van der Waals surface area contributed by atoms with Gasteiger partial charge >= 0.3 is 0 Å². The van der Waals surface area contributed by atoms with E-state index in [-0.39, 0.29) is 6.61 Å². The van der Waals surface area contributed by atoms with Crippen LogP contribution in [-0.2, 0) is 4.79 Å². The van der Waals surface area contributed by atoms with Gasteiger partial charge in [-0.05, 0) is 45.4 Å². The van der Waals surface area contributed by atoms with Gasteiger partial charge in [-0.2, -0.15) is 0 Å². The molecule has 3 N–H and O–H groups in total. The first-order valence-corrected chi connectivity index (χ1v) is 6.55. The van der Waals surface area contributed by atoms with E-state index >= 15 is 0 Å². The fraction of sp³-hybridized carbons (Fsp3) is 0.533. The minimum atomic E-state index is -0.849. The Balaban J connectivity index is 2.89. The highest BCUT2D eigenvalue weighted by atomic mass is 16.5. The Morgan fingerprint density at radius 1 is 1.32 bits per heavy atom. The second-order valence-electron chi connectivity index (χ2n) is 5.24. The van der Waals surface area contributed by atoms with E-state index in [0.717, 1.165) is 16.9 Å². The van der Waals surface area contributed by atoms with Crippen molar-refractivity contribution < 1.29 is 9.53 Å². The van der Waals surface area contributed by atoms with Crippen LogP contribution in [0.1, 0.15) is 30.5 Å². The SMILES string of the molecule is CCNC(C)(COc1c(C)cc(C)cc1C)C(N)=O. The number of ether oxygens (including phenoxy) is 1. The first-order chi connectivity index (χ1) is 8.80. The fourth-order valence-corrected chi connectivity index (χ4v) is 2.21. The van der Waals surface area contributed by atoms with Crippen LogP contribution in [0.15, 0.2) is 12.1 Å². The third-order valence-corrected chi connectivity index (χ3v) is 3.22. The van der Waals surface area contributed by atoms with Crippen molar-refractivity contribution >= 4 is 5.91 Å². The minimum absolute atomic E-state index is 0.223. The number of amides is 1. The molecule has 1 aromatic rings. The second kappa shape index (κ2) is 6.06. The molecule has 1 unspecified atom stereocenters. The smallest absolute Gasteiger partial charge is 0.240 e. The maximum Gasteiger partial charge on any atom is 0.240 e. The van der Waals surface area contributed by atoms with Crippen LogP contribution in [0.3, 0.4) is 0 Å². The Morgan fingerprint density at radius 3 is 2.26 bits per heavy atom. The van der Waals surface area contributed by atoms with Gasteiger partial charge in [0.25, 0.3) is 0 Å². The van der Waals surface area contributed by atoms with Crippen molar-refractivity contribution in [1.29, 1.82) is 0 Å². The van der Waals surface area contributed by atoms with Gasteiger partial charge in [-0.25, -0.2) is 0 Å². The highest BCUT2D eigenvalue weighted by Gasteiger charge is 2.31. The van der Waals surface area contributed by atoms with Crippen LogP contribution in [0.2, 0.25) is 0 Å². The summed E-state index contributed by atoms with van der Waals surface area (Å²) in [5.41, 5.74) is 7.93. The summed E-state index contributed by atoms with van der Waals surface area (Å²) in [6.45, 7) is 10.6. The maximum atomic E-state index is 11.5. The molecule has 0 aliphatic rings. The third-order valence-electron chi connectivity index (χ3n) is 3.22. The predicted octanol–water partition coefficient (Wildman–Crippen LogP) is 1.84. The van der Waals surface area contributed by atoms with E-state index in [1.54, 1.807) is 6.92 Å². The Labute approximate surface area is 115 Å². The van der Waals surface area contributed by atoms with Gasteiger partial charge in [-0.15, -0.1) is 0 Å². The number of hydrogen-bond donors (Lipinski definition) is 2. The van der Waals surface area contributed by atoms with Crippen LogP contribution in [-0.4, -0.2) is 24.6 Å². The topological polar surface area (TPSA) is 64.3 Å². The molecule has 0 spiro atoms. The van der Waals surface area contributed by atoms with Crippen LogP contribution in [0.25, 0.3) is 0 Å². The molecule has 0 saturated carbocycles. The quantitative estimate of drug-likeness (QED) is 0.824. The Morgan fingerprint density at radius 2 is 1.84 bits per heavy atom. The lowest BCUT2D eigenvalue weighted by atomic mass is 10.0. The number of nitrogens with one attached hydrogen (secondary N) is 1. The largest absolute Gasteiger partial charge is 0.491 e. The van der Waals surface area contributed by atoms with E-state index < -0.39 is 11.4 Å². The normalized spacial score (nSPS) is 13.9. The van der Waals surface area contributed by atoms with Gasteiger partial charge in [0.2, 0.25) is 5.91 Å². The molecule has 0 radical (unpaired) electrons. The Hall–Kier alpha value is -1.55. The van der Waals surface area contributed by atoms with Crippen molar-refractivity contribution in [3.05, 3.63) is 28.8 Å². The van der Waals surface area contributed by atoms with Gasteiger partial charge in [0, 0.05) is 0 Å². The number of primary amides is 1. The predicted molar refractivity (Wildman–Crippen MR) is 77.4 cm³/mol. The molecule has 1 atom stereocenters. The van der Waals surface area contributed by atoms with Gasteiger partial charge in [-0.1, -0.05) is 24.6 Å². The van der Waals surface area contributed by atoms with Crippen molar-refractivity contribution in [1.82, 2.24) is 5.32 Å². The van der Waals surface area contributed by atoms with Crippen molar-refractivity contribution in [2.24, 2.45) is 5.73 Å². The number of carbonyl (C=O) groups is 1. The second-order valence-corrected chi connectivity index (χ2v) is 5.24. The van der Waals surface area contributed by atoms with Gasteiger partial charge < -0.3 is 15.8 Å². The highest BCUT2D eigenvalue weighted by Crippen LogP contribution is 2.25. The van der Waals surface area contributed by atoms with E-state index in [1.165, 1.54) is 5.56 Å². The molecule has 19 heavy (non-hydrogen) atoms. The molecule has 4 nitrogen and oxygen atoms in total. The molecular formula is C15H24N2O2. The lowest BCUT2D eigenvalue weighted by Crippen LogP contribution is -2.57. The van der Waals surface area contributed by atoms with Gasteiger partial charge in [0.1, 0.15) is 17.9 Å². The Bertz CT molecular complexity index is 448. The maximum absolute atomic E-state index is 11.5. The summed E-state index contributed by atoms with van der Waals surface area (Å²) in [5.74, 6) is 0.424. The van der Waals surface area contributed by atoms with Crippen LogP contribution in [0, 0.1) is 20.8 Å². The summed E-state index contributed by atoms with van der Waals surface area (Å²) in [6, 6.07) is 4.13. The molecule has 106 valence electrons. The summed E-state index contributed by atoms with van der Waals surface area (Å²) < 4.78 is 5.84. The molecule has 0 aromatic heterocycles. The molecule has 4 heteroatoms. The first-order valence-electron chi connectivity index (χ1n) is 6.55. The average Bonchev–Trinajstić information content (AvgIpc) is 2.27. The summed E-state index contributed by atoms with van der Waals surface area (Å²) in [6.07, 6.45) is 0. The highest BCUT2D eigenvalue weighted by molar-refractivity contribution is 5.84. The van der Waals surface area contributed by atoms with Crippen LogP contribution >= 0.6 is 0 Å². The lowest BCUT2D eigenvalue weighted by molar-refractivity contribution is -0.124. The zero-order chi connectivity index (χ0) is 14.6. The molecule has 0 heterocycles. The fourth-order valence-electron chi connectivity index (χ4n) is 2.21. The number of likely N-dealkylation sites (N-methyl/N-ethyl adjacent to an activating group) is 1. The third kappa shape index (κ3) is 3.70. The molecule has 0 aliphatic carbocycles. The molecule has 1 aromatic carbocycles. The number of carbonyl (C=O) groups excluding carboxylic acids is 1. The standard InChI is InChI=1S/C15H24N2O2/c1-6-17-15(5,14(16)18)9-19-13-11(3)7-10(2)8-12(13)4/h7-8,17H,6,9H2,1-5H3,(H2,16,18). The lowest BCUT2D eigenvalue weighted by Gasteiger charge is -2.27. The van der Waals surface area contributed by atoms with Gasteiger partial charge in [0.15, 0.2) is 0 Å². The Kier molecular flexibility index (Phi) is 4.95. The zero-order valence-electron chi connectivity index (χ0n) is 12.5. The summed E-state index contributed by atoms with van der Waals surface area (Å²) >= 11 is 0. The molecule has 0 bridgehead atoms. The number of rotatable bonds is 6. The van der Waals surface area contributed by atoms with E-state index in [1.807, 2.05) is 20.8 Å². The van der Waals surface area contributed by atoms with Gasteiger partial charge in [0.05, 0.1) is 0 Å². The van der Waals surface area contributed by atoms with Crippen molar-refractivity contribution in [2.75, 3.05) is 13.2 Å². The molecular weight excluding hydrogens is 240 g/mol. The van der Waals surface area contributed by atoms with E-state index in [9.17, 15) is 4.79 Å². The average molecular weight is 264 g/mol. The summed E-state index contributed by atoms with van der Waals surface area (Å²) in [7, 11) is 0. The van der Waals surface area contributed by atoms with E-state index in [2.05, 4.69) is 24.4 Å². The number of benzene rings is 1. The molecule has 0 fully saturated rings. The van der Waals surface area contributed by atoms with E-state index in [0.29, 0.717) is 6.54 Å². The minimum Gasteiger partial charge on any atom is -0.491 e. The molecule has 1 amide bonds. The van der Waals surface area contributed by atoms with Gasteiger partial charge in [-0.3, -0.25) is 4.79 Å². The number of hydrogen-bond acceptors (Lipinski definition) is 3. The zero-order valence-corrected chi connectivity index (χ0v) is 12.5.